The Kier molecular flexibility index (Phi) is 6.83. The Bertz CT molecular complexity index is 880. The topological polar surface area (TPSA) is 75.5 Å². The van der Waals surface area contributed by atoms with Gasteiger partial charge in [0.25, 0.3) is 0 Å². The molecule has 162 valence electrons. The number of carbonyl (C=O) groups is 1. The van der Waals surface area contributed by atoms with Gasteiger partial charge in [0, 0.05) is 25.3 Å². The second-order valence-corrected chi connectivity index (χ2v) is 10.3. The molecule has 7 nitrogen and oxygen atoms in total. The molecule has 2 aliphatic rings. The van der Waals surface area contributed by atoms with Crippen molar-refractivity contribution >= 4 is 15.9 Å². The minimum Gasteiger partial charge on any atom is -0.315 e. The maximum absolute atomic E-state index is 13.2. The summed E-state index contributed by atoms with van der Waals surface area (Å²) in [4.78, 5) is 15.1. The van der Waals surface area contributed by atoms with Crippen LogP contribution in [0.15, 0.2) is 16.7 Å². The molecule has 3 rings (SSSR count). The van der Waals surface area contributed by atoms with E-state index in [1.54, 1.807) is 22.8 Å². The first-order valence-electron chi connectivity index (χ1n) is 10.8. The smallest absolute Gasteiger partial charge is 0.248 e. The van der Waals surface area contributed by atoms with Crippen LogP contribution in [-0.2, 0) is 21.4 Å². The number of hydrogen-bond donors (Lipinski definition) is 0. The van der Waals surface area contributed by atoms with Gasteiger partial charge in [-0.3, -0.25) is 9.48 Å². The number of carbonyl (C=O) groups excluding carboxylic acids is 1. The molecule has 2 heterocycles. The average Bonchev–Trinajstić information content (AvgIpc) is 3.28. The van der Waals surface area contributed by atoms with E-state index in [1.165, 1.54) is 0 Å². The van der Waals surface area contributed by atoms with Crippen LogP contribution in [0.25, 0.3) is 0 Å². The van der Waals surface area contributed by atoms with Crippen molar-refractivity contribution in [3.8, 4) is 0 Å². The lowest BCUT2D eigenvalue weighted by Gasteiger charge is -2.29. The lowest BCUT2D eigenvalue weighted by molar-refractivity contribution is -0.130. The van der Waals surface area contributed by atoms with Gasteiger partial charge in [-0.15, -0.1) is 0 Å². The molecule has 1 amide bonds. The molecule has 1 fully saturated rings. The van der Waals surface area contributed by atoms with Crippen LogP contribution in [0.1, 0.15) is 63.8 Å². The number of aryl methyl sites for hydroxylation is 1. The van der Waals surface area contributed by atoms with Gasteiger partial charge in [0.1, 0.15) is 11.4 Å². The summed E-state index contributed by atoms with van der Waals surface area (Å²) in [5.41, 5.74) is 2.11. The molecular weight excluding hydrogens is 388 g/mol. The van der Waals surface area contributed by atoms with Gasteiger partial charge in [0.05, 0.1) is 11.4 Å². The second kappa shape index (κ2) is 9.00. The van der Waals surface area contributed by atoms with Crippen molar-refractivity contribution in [1.29, 1.82) is 0 Å². The quantitative estimate of drug-likeness (QED) is 0.676. The standard InChI is InChI=1S/C21H34N4O3S/c1-5-12-24(19-8-6-7-9-19)20(26)15-25-18(4)21(17(3)22-25)29(27,28)23-13-10-16(2)11-14-23/h8,16H,5-7,9-15H2,1-4H3. The van der Waals surface area contributed by atoms with Crippen molar-refractivity contribution in [3.05, 3.63) is 23.2 Å². The van der Waals surface area contributed by atoms with Crippen LogP contribution in [0, 0.1) is 19.8 Å². The van der Waals surface area contributed by atoms with E-state index in [9.17, 15) is 13.2 Å². The summed E-state index contributed by atoms with van der Waals surface area (Å²) in [6.45, 7) is 9.53. The monoisotopic (exact) mass is 422 g/mol. The summed E-state index contributed by atoms with van der Waals surface area (Å²) >= 11 is 0. The highest BCUT2D eigenvalue weighted by Gasteiger charge is 2.33. The first-order valence-corrected chi connectivity index (χ1v) is 12.2. The molecule has 1 aliphatic heterocycles. The maximum atomic E-state index is 13.2. The fraction of sp³-hybridized carbons (Fsp3) is 0.714. The first kappa shape index (κ1) is 22.0. The predicted octanol–water partition coefficient (Wildman–Crippen LogP) is 3.23. The van der Waals surface area contributed by atoms with Gasteiger partial charge >= 0.3 is 0 Å². The van der Waals surface area contributed by atoms with E-state index in [0.717, 1.165) is 44.2 Å². The van der Waals surface area contributed by atoms with Crippen LogP contribution in [0.3, 0.4) is 0 Å². The number of rotatable bonds is 7. The van der Waals surface area contributed by atoms with Gasteiger partial charge in [0.15, 0.2) is 0 Å². The van der Waals surface area contributed by atoms with Crippen molar-refractivity contribution in [1.82, 2.24) is 19.0 Å². The minimum absolute atomic E-state index is 0.0265. The number of allylic oxidation sites excluding steroid dienone is 2. The third-order valence-electron chi connectivity index (χ3n) is 6.05. The fourth-order valence-electron chi connectivity index (χ4n) is 4.33. The van der Waals surface area contributed by atoms with Crippen LogP contribution >= 0.6 is 0 Å². The van der Waals surface area contributed by atoms with Gasteiger partial charge in [-0.25, -0.2) is 8.42 Å². The Hall–Kier alpha value is -1.67. The van der Waals surface area contributed by atoms with Crippen LogP contribution < -0.4 is 0 Å². The van der Waals surface area contributed by atoms with Gasteiger partial charge in [0.2, 0.25) is 15.9 Å². The SMILES string of the molecule is CCCN(C(=O)Cn1nc(C)c(S(=O)(=O)N2CCC(C)CC2)c1C)C1=CCCC1. The predicted molar refractivity (Wildman–Crippen MR) is 113 cm³/mol. The molecule has 0 radical (unpaired) electrons. The molecule has 0 saturated carbocycles. The summed E-state index contributed by atoms with van der Waals surface area (Å²) < 4.78 is 29.6. The average molecular weight is 423 g/mol. The zero-order valence-corrected chi connectivity index (χ0v) is 19.0. The van der Waals surface area contributed by atoms with Crippen molar-refractivity contribution in [3.63, 3.8) is 0 Å². The van der Waals surface area contributed by atoms with Crippen LogP contribution in [0.5, 0.6) is 0 Å². The number of amides is 1. The Morgan fingerprint density at radius 2 is 1.97 bits per heavy atom. The molecule has 0 aromatic carbocycles. The molecule has 0 unspecified atom stereocenters. The molecule has 0 N–H and O–H groups in total. The van der Waals surface area contributed by atoms with E-state index in [0.29, 0.717) is 36.9 Å². The van der Waals surface area contributed by atoms with Crippen LogP contribution in [0.2, 0.25) is 0 Å². The Labute approximate surface area is 174 Å². The lowest BCUT2D eigenvalue weighted by atomic mass is 10.0. The van der Waals surface area contributed by atoms with E-state index in [1.807, 2.05) is 4.90 Å². The molecule has 1 saturated heterocycles. The van der Waals surface area contributed by atoms with Gasteiger partial charge < -0.3 is 4.90 Å². The zero-order valence-electron chi connectivity index (χ0n) is 18.1. The van der Waals surface area contributed by atoms with E-state index >= 15 is 0 Å². The Morgan fingerprint density at radius 1 is 1.28 bits per heavy atom. The van der Waals surface area contributed by atoms with Gasteiger partial charge in [-0.2, -0.15) is 9.40 Å². The van der Waals surface area contributed by atoms with E-state index < -0.39 is 10.0 Å². The minimum atomic E-state index is -3.59. The second-order valence-electron chi connectivity index (χ2n) is 8.38. The summed E-state index contributed by atoms with van der Waals surface area (Å²) in [5.74, 6) is 0.528. The summed E-state index contributed by atoms with van der Waals surface area (Å²) in [5, 5.41) is 4.44. The molecule has 1 aromatic rings. The number of nitrogens with zero attached hydrogens (tertiary/aromatic N) is 4. The number of sulfonamides is 1. The lowest BCUT2D eigenvalue weighted by Crippen LogP contribution is -2.38. The van der Waals surface area contributed by atoms with Gasteiger partial charge in [-0.1, -0.05) is 19.9 Å². The van der Waals surface area contributed by atoms with Crippen LogP contribution in [0.4, 0.5) is 0 Å². The highest BCUT2D eigenvalue weighted by atomic mass is 32.2. The van der Waals surface area contributed by atoms with E-state index in [4.69, 9.17) is 0 Å². The normalized spacial score (nSPS) is 18.8. The zero-order chi connectivity index (χ0) is 21.2. The van der Waals surface area contributed by atoms with Crippen molar-refractivity contribution < 1.29 is 13.2 Å². The summed E-state index contributed by atoms with van der Waals surface area (Å²) in [6.07, 6.45) is 7.81. The summed E-state index contributed by atoms with van der Waals surface area (Å²) in [6, 6.07) is 0. The van der Waals surface area contributed by atoms with Crippen molar-refractivity contribution in [2.75, 3.05) is 19.6 Å². The fourth-order valence-corrected chi connectivity index (χ4v) is 6.17. The van der Waals surface area contributed by atoms with Gasteiger partial charge in [-0.05, 0) is 58.3 Å². The molecule has 1 aliphatic carbocycles. The highest BCUT2D eigenvalue weighted by Crippen LogP contribution is 2.28. The summed E-state index contributed by atoms with van der Waals surface area (Å²) in [7, 11) is -3.59. The molecule has 8 heteroatoms. The first-order chi connectivity index (χ1) is 13.8. The number of piperidine rings is 1. The van der Waals surface area contributed by atoms with E-state index in [-0.39, 0.29) is 17.3 Å². The number of hydrogen-bond acceptors (Lipinski definition) is 4. The largest absolute Gasteiger partial charge is 0.315 e. The van der Waals surface area contributed by atoms with E-state index in [2.05, 4.69) is 25.0 Å². The van der Waals surface area contributed by atoms with Crippen LogP contribution in [-0.4, -0.2) is 52.9 Å². The Balaban J connectivity index is 1.82. The molecule has 0 spiro atoms. The molecule has 0 atom stereocenters. The number of aromatic nitrogens is 2. The third kappa shape index (κ3) is 4.58. The molecule has 29 heavy (non-hydrogen) atoms. The van der Waals surface area contributed by atoms with Crippen molar-refractivity contribution in [2.24, 2.45) is 5.92 Å². The Morgan fingerprint density at radius 3 is 2.55 bits per heavy atom. The van der Waals surface area contributed by atoms with Crippen molar-refractivity contribution in [2.45, 2.75) is 77.7 Å². The third-order valence-corrected chi connectivity index (χ3v) is 8.20. The molecule has 1 aromatic heterocycles. The molecular formula is C21H34N4O3S. The highest BCUT2D eigenvalue weighted by molar-refractivity contribution is 7.89. The molecule has 0 bridgehead atoms. The maximum Gasteiger partial charge on any atom is 0.248 e.